The van der Waals surface area contributed by atoms with Crippen molar-refractivity contribution < 1.29 is 9.18 Å². The third kappa shape index (κ3) is 10.6. The van der Waals surface area contributed by atoms with E-state index in [1.165, 1.54) is 6.07 Å². The van der Waals surface area contributed by atoms with Crippen LogP contribution < -0.4 is 16.0 Å². The summed E-state index contributed by atoms with van der Waals surface area (Å²) in [6.45, 7) is 8.68. The van der Waals surface area contributed by atoms with Gasteiger partial charge in [-0.3, -0.25) is 14.7 Å². The van der Waals surface area contributed by atoms with Crippen LogP contribution in [-0.4, -0.2) is 62.1 Å². The minimum absolute atomic E-state index is 0. The van der Waals surface area contributed by atoms with Crippen molar-refractivity contribution in [3.8, 4) is 0 Å². The molecule has 0 radical (unpaired) electrons. The van der Waals surface area contributed by atoms with Crippen LogP contribution >= 0.6 is 24.0 Å². The number of rotatable bonds is 10. The molecule has 1 saturated heterocycles. The Balaban J connectivity index is 0.00000450. The molecule has 170 valence electrons. The Morgan fingerprint density at radius 3 is 2.67 bits per heavy atom. The number of halogens is 2. The number of carbonyl (C=O) groups is 1. The minimum Gasteiger partial charge on any atom is -0.357 e. The molecule has 1 aliphatic heterocycles. The van der Waals surface area contributed by atoms with Crippen LogP contribution in [0.15, 0.2) is 29.3 Å². The second kappa shape index (κ2) is 15.4. The average Bonchev–Trinajstić information content (AvgIpc) is 2.71. The van der Waals surface area contributed by atoms with Crippen molar-refractivity contribution in [2.45, 2.75) is 52.0 Å². The Hall–Kier alpha value is -1.42. The number of likely N-dealkylation sites (tertiary alicyclic amines) is 1. The smallest absolute Gasteiger partial charge is 0.234 e. The lowest BCUT2D eigenvalue weighted by atomic mass is 10.1. The van der Waals surface area contributed by atoms with Gasteiger partial charge in [-0.15, -0.1) is 24.0 Å². The summed E-state index contributed by atoms with van der Waals surface area (Å²) in [7, 11) is 0. The molecule has 1 aliphatic rings. The van der Waals surface area contributed by atoms with Gasteiger partial charge in [0.1, 0.15) is 5.82 Å². The number of nitrogens with zero attached hydrogens (tertiary/aromatic N) is 2. The Kier molecular flexibility index (Phi) is 13.7. The van der Waals surface area contributed by atoms with E-state index in [4.69, 9.17) is 0 Å². The number of hydrogen-bond donors (Lipinski definition) is 3. The van der Waals surface area contributed by atoms with E-state index in [1.54, 1.807) is 12.1 Å². The molecule has 0 unspecified atom stereocenters. The van der Waals surface area contributed by atoms with E-state index in [9.17, 15) is 9.18 Å². The molecule has 6 nitrogen and oxygen atoms in total. The standard InChI is InChI=1S/C22H36FN5O.HI/c1-3-12-25-21(29)17-28-14-10-20(11-15-28)27-22(24-4-2)26-13-6-8-18-7-5-9-19(23)16-18;/h5,7,9,16,20H,3-4,6,8,10-15,17H2,1-2H3,(H,25,29)(H2,24,26,27);1H. The zero-order valence-electron chi connectivity index (χ0n) is 18.3. The predicted octanol–water partition coefficient (Wildman–Crippen LogP) is 2.92. The second-order valence-corrected chi connectivity index (χ2v) is 7.54. The molecule has 0 spiro atoms. The second-order valence-electron chi connectivity index (χ2n) is 7.54. The Morgan fingerprint density at radius 2 is 2.00 bits per heavy atom. The van der Waals surface area contributed by atoms with Crippen LogP contribution in [0, 0.1) is 5.82 Å². The third-order valence-corrected chi connectivity index (χ3v) is 4.99. The fourth-order valence-corrected chi connectivity index (χ4v) is 3.44. The zero-order valence-corrected chi connectivity index (χ0v) is 20.6. The van der Waals surface area contributed by atoms with Crippen LogP contribution in [0.3, 0.4) is 0 Å². The number of aliphatic imine (C=N–C) groups is 1. The molecular weight excluding hydrogens is 496 g/mol. The highest BCUT2D eigenvalue weighted by Crippen LogP contribution is 2.10. The van der Waals surface area contributed by atoms with E-state index in [-0.39, 0.29) is 35.7 Å². The van der Waals surface area contributed by atoms with Crippen molar-refractivity contribution in [1.29, 1.82) is 0 Å². The molecule has 1 aromatic rings. The largest absolute Gasteiger partial charge is 0.357 e. The molecule has 3 N–H and O–H groups in total. The molecule has 1 amide bonds. The van der Waals surface area contributed by atoms with E-state index in [0.29, 0.717) is 19.1 Å². The fourth-order valence-electron chi connectivity index (χ4n) is 3.44. The van der Waals surface area contributed by atoms with Crippen LogP contribution in [0.4, 0.5) is 4.39 Å². The van der Waals surface area contributed by atoms with E-state index < -0.39 is 0 Å². The first kappa shape index (κ1) is 26.6. The summed E-state index contributed by atoms with van der Waals surface area (Å²) in [6, 6.07) is 7.12. The number of hydrogen-bond acceptors (Lipinski definition) is 3. The lowest BCUT2D eigenvalue weighted by Gasteiger charge is -2.32. The Labute approximate surface area is 197 Å². The van der Waals surface area contributed by atoms with Gasteiger partial charge in [-0.05, 0) is 56.7 Å². The topological polar surface area (TPSA) is 68.8 Å². The number of carbonyl (C=O) groups excluding carboxylic acids is 1. The van der Waals surface area contributed by atoms with Crippen molar-refractivity contribution in [3.05, 3.63) is 35.6 Å². The SMILES string of the molecule is CCCNC(=O)CN1CCC(NC(=NCCCc2cccc(F)c2)NCC)CC1.I. The van der Waals surface area contributed by atoms with E-state index >= 15 is 0 Å². The number of guanidine groups is 1. The number of aryl methyl sites for hydroxylation is 1. The normalized spacial score (nSPS) is 15.4. The number of nitrogens with one attached hydrogen (secondary N) is 3. The molecule has 0 aliphatic carbocycles. The summed E-state index contributed by atoms with van der Waals surface area (Å²) in [5.41, 5.74) is 1.01. The van der Waals surface area contributed by atoms with Gasteiger partial charge in [0.15, 0.2) is 5.96 Å². The molecular formula is C22H37FIN5O. The summed E-state index contributed by atoms with van der Waals surface area (Å²) in [4.78, 5) is 18.7. The summed E-state index contributed by atoms with van der Waals surface area (Å²) in [5.74, 6) is 0.771. The maximum atomic E-state index is 13.2. The number of benzene rings is 1. The fraction of sp³-hybridized carbons (Fsp3) is 0.636. The Morgan fingerprint density at radius 1 is 1.23 bits per heavy atom. The van der Waals surface area contributed by atoms with E-state index in [2.05, 4.69) is 39.7 Å². The highest BCUT2D eigenvalue weighted by atomic mass is 127. The van der Waals surface area contributed by atoms with Crippen LogP contribution in [0.5, 0.6) is 0 Å². The average molecular weight is 533 g/mol. The van der Waals surface area contributed by atoms with Gasteiger partial charge in [0, 0.05) is 38.8 Å². The lowest BCUT2D eigenvalue weighted by Crippen LogP contribution is -2.50. The van der Waals surface area contributed by atoms with Crippen molar-refractivity contribution in [2.24, 2.45) is 4.99 Å². The third-order valence-electron chi connectivity index (χ3n) is 4.99. The molecule has 0 bridgehead atoms. The Bertz CT molecular complexity index is 650. The number of piperidine rings is 1. The zero-order chi connectivity index (χ0) is 20.9. The summed E-state index contributed by atoms with van der Waals surface area (Å²) in [6.07, 6.45) is 4.65. The van der Waals surface area contributed by atoms with Crippen molar-refractivity contribution in [2.75, 3.05) is 39.3 Å². The molecule has 0 atom stereocenters. The van der Waals surface area contributed by atoms with Gasteiger partial charge in [-0.1, -0.05) is 19.1 Å². The van der Waals surface area contributed by atoms with Crippen molar-refractivity contribution in [1.82, 2.24) is 20.9 Å². The predicted molar refractivity (Wildman–Crippen MR) is 132 cm³/mol. The van der Waals surface area contributed by atoms with Gasteiger partial charge >= 0.3 is 0 Å². The summed E-state index contributed by atoms with van der Waals surface area (Å²) < 4.78 is 13.2. The first-order valence-electron chi connectivity index (χ1n) is 10.9. The molecule has 30 heavy (non-hydrogen) atoms. The highest BCUT2D eigenvalue weighted by molar-refractivity contribution is 14.0. The number of amides is 1. The quantitative estimate of drug-likeness (QED) is 0.187. The van der Waals surface area contributed by atoms with E-state index in [1.807, 2.05) is 6.07 Å². The van der Waals surface area contributed by atoms with Crippen LogP contribution in [0.2, 0.25) is 0 Å². The van der Waals surface area contributed by atoms with Crippen molar-refractivity contribution >= 4 is 35.8 Å². The molecule has 1 heterocycles. The molecule has 1 fully saturated rings. The van der Waals surface area contributed by atoms with Crippen LogP contribution in [0.25, 0.3) is 0 Å². The lowest BCUT2D eigenvalue weighted by molar-refractivity contribution is -0.122. The maximum absolute atomic E-state index is 13.2. The first-order valence-corrected chi connectivity index (χ1v) is 10.9. The first-order chi connectivity index (χ1) is 14.1. The minimum atomic E-state index is -0.185. The van der Waals surface area contributed by atoms with Gasteiger partial charge < -0.3 is 16.0 Å². The van der Waals surface area contributed by atoms with Gasteiger partial charge in [0.05, 0.1) is 6.54 Å². The summed E-state index contributed by atoms with van der Waals surface area (Å²) >= 11 is 0. The van der Waals surface area contributed by atoms with E-state index in [0.717, 1.165) is 69.8 Å². The molecule has 0 aromatic heterocycles. The monoisotopic (exact) mass is 533 g/mol. The van der Waals surface area contributed by atoms with Gasteiger partial charge in [-0.2, -0.15) is 0 Å². The molecule has 0 saturated carbocycles. The van der Waals surface area contributed by atoms with Gasteiger partial charge in [0.25, 0.3) is 0 Å². The molecule has 1 aromatic carbocycles. The van der Waals surface area contributed by atoms with Crippen LogP contribution in [-0.2, 0) is 11.2 Å². The van der Waals surface area contributed by atoms with Crippen LogP contribution in [0.1, 0.15) is 45.1 Å². The van der Waals surface area contributed by atoms with Gasteiger partial charge in [-0.25, -0.2) is 4.39 Å². The van der Waals surface area contributed by atoms with Gasteiger partial charge in [0.2, 0.25) is 5.91 Å². The maximum Gasteiger partial charge on any atom is 0.234 e. The van der Waals surface area contributed by atoms with Crippen molar-refractivity contribution in [3.63, 3.8) is 0 Å². The summed E-state index contributed by atoms with van der Waals surface area (Å²) in [5, 5.41) is 9.77. The molecule has 8 heteroatoms. The molecule has 2 rings (SSSR count). The highest BCUT2D eigenvalue weighted by Gasteiger charge is 2.21.